The van der Waals surface area contributed by atoms with Gasteiger partial charge >= 0.3 is 0 Å². The number of fused-ring (bicyclic) bond motifs is 1. The second-order valence-electron chi connectivity index (χ2n) is 2.62. The van der Waals surface area contributed by atoms with Crippen LogP contribution in [0.1, 0.15) is 21.9 Å². The number of aryl methyl sites for hydroxylation is 1. The lowest BCUT2D eigenvalue weighted by Gasteiger charge is -2.12. The van der Waals surface area contributed by atoms with Gasteiger partial charge in [-0.15, -0.1) is 0 Å². The van der Waals surface area contributed by atoms with Crippen LogP contribution in [0, 0.1) is 0 Å². The van der Waals surface area contributed by atoms with Crippen LogP contribution in [0.5, 0.6) is 0 Å². The predicted molar refractivity (Wildman–Crippen MR) is 47.3 cm³/mol. The van der Waals surface area contributed by atoms with Gasteiger partial charge in [0.2, 0.25) is 0 Å². The highest BCUT2D eigenvalue weighted by molar-refractivity contribution is 7.98. The number of carbonyl (C=O) groups excluding carboxylic acids is 1. The number of hydrogen-bond donors (Lipinski definition) is 0. The van der Waals surface area contributed by atoms with E-state index in [2.05, 4.69) is 9.97 Å². The van der Waals surface area contributed by atoms with Gasteiger partial charge in [-0.25, -0.2) is 9.97 Å². The zero-order valence-electron chi connectivity index (χ0n) is 6.49. The molecule has 12 heavy (non-hydrogen) atoms. The molecule has 0 spiro atoms. The molecule has 1 aliphatic rings. The van der Waals surface area contributed by atoms with Crippen LogP contribution in [0.15, 0.2) is 6.20 Å². The van der Waals surface area contributed by atoms with Crippen molar-refractivity contribution in [1.82, 2.24) is 9.97 Å². The first-order valence-corrected chi connectivity index (χ1v) is 4.93. The quantitative estimate of drug-likeness (QED) is 0.606. The molecule has 0 amide bonds. The number of aromatic nitrogens is 2. The van der Waals surface area contributed by atoms with Crippen molar-refractivity contribution < 1.29 is 4.79 Å². The lowest BCUT2D eigenvalue weighted by molar-refractivity contribution is 0.111. The fraction of sp³-hybridized carbons (Fsp3) is 0.375. The summed E-state index contributed by atoms with van der Waals surface area (Å²) in [5.74, 6) is 2.35. The minimum absolute atomic E-state index is 0.302. The molecule has 0 atom stereocenters. The van der Waals surface area contributed by atoms with E-state index in [1.807, 2.05) is 11.8 Å². The summed E-state index contributed by atoms with van der Waals surface area (Å²) in [5.41, 5.74) is 2.22. The van der Waals surface area contributed by atoms with Gasteiger partial charge in [0, 0.05) is 11.9 Å². The molecule has 0 saturated carbocycles. The van der Waals surface area contributed by atoms with Crippen LogP contribution in [-0.2, 0) is 12.2 Å². The summed E-state index contributed by atoms with van der Waals surface area (Å²) >= 11 is 1.85. The van der Waals surface area contributed by atoms with Crippen LogP contribution in [0.25, 0.3) is 0 Å². The van der Waals surface area contributed by atoms with E-state index >= 15 is 0 Å². The van der Waals surface area contributed by atoms with Gasteiger partial charge in [-0.1, -0.05) is 0 Å². The molecule has 2 heterocycles. The summed E-state index contributed by atoms with van der Waals surface area (Å²) in [6, 6.07) is 0. The first-order chi connectivity index (χ1) is 5.90. The standard InChI is InChI=1S/C8H8N2OS/c11-4-8-9-3-6-1-2-12-5-7(6)10-8/h3-4H,1-2,5H2. The summed E-state index contributed by atoms with van der Waals surface area (Å²) in [6.45, 7) is 0. The van der Waals surface area contributed by atoms with E-state index < -0.39 is 0 Å². The van der Waals surface area contributed by atoms with Crippen LogP contribution in [-0.4, -0.2) is 22.0 Å². The first kappa shape index (κ1) is 7.73. The Hall–Kier alpha value is -0.900. The van der Waals surface area contributed by atoms with Crippen molar-refractivity contribution >= 4 is 18.0 Å². The minimum Gasteiger partial charge on any atom is -0.294 e. The average molecular weight is 180 g/mol. The molecular formula is C8H8N2OS. The molecule has 62 valence electrons. The van der Waals surface area contributed by atoms with Gasteiger partial charge in [0.25, 0.3) is 0 Å². The van der Waals surface area contributed by atoms with Gasteiger partial charge < -0.3 is 0 Å². The zero-order chi connectivity index (χ0) is 8.39. The van der Waals surface area contributed by atoms with Gasteiger partial charge in [0.05, 0.1) is 5.69 Å². The number of hydrogen-bond acceptors (Lipinski definition) is 4. The van der Waals surface area contributed by atoms with Crippen molar-refractivity contribution in [3.63, 3.8) is 0 Å². The Morgan fingerprint density at radius 2 is 2.50 bits per heavy atom. The van der Waals surface area contributed by atoms with Crippen molar-refractivity contribution in [3.05, 3.63) is 23.3 Å². The third-order valence-corrected chi connectivity index (χ3v) is 2.80. The summed E-state index contributed by atoms with van der Waals surface area (Å²) in [7, 11) is 0. The third-order valence-electron chi connectivity index (χ3n) is 1.83. The molecule has 0 radical (unpaired) electrons. The lowest BCUT2D eigenvalue weighted by atomic mass is 10.2. The Balaban J connectivity index is 2.42. The average Bonchev–Trinajstić information content (AvgIpc) is 2.17. The number of thioether (sulfide) groups is 1. The number of rotatable bonds is 1. The maximum absolute atomic E-state index is 10.4. The number of nitrogens with zero attached hydrogens (tertiary/aromatic N) is 2. The Bertz CT molecular complexity index is 314. The Morgan fingerprint density at radius 1 is 1.58 bits per heavy atom. The molecule has 1 aromatic heterocycles. The minimum atomic E-state index is 0.302. The molecule has 3 nitrogen and oxygen atoms in total. The number of carbonyl (C=O) groups is 1. The fourth-order valence-corrected chi connectivity index (χ4v) is 2.15. The van der Waals surface area contributed by atoms with E-state index in [4.69, 9.17) is 0 Å². The molecule has 1 aliphatic heterocycles. The molecule has 0 unspecified atom stereocenters. The van der Waals surface area contributed by atoms with Crippen molar-refractivity contribution in [2.75, 3.05) is 5.75 Å². The highest BCUT2D eigenvalue weighted by Gasteiger charge is 2.11. The zero-order valence-corrected chi connectivity index (χ0v) is 7.30. The van der Waals surface area contributed by atoms with Gasteiger partial charge in [-0.3, -0.25) is 4.79 Å². The van der Waals surface area contributed by atoms with Crippen molar-refractivity contribution in [1.29, 1.82) is 0 Å². The van der Waals surface area contributed by atoms with Crippen molar-refractivity contribution in [2.24, 2.45) is 0 Å². The van der Waals surface area contributed by atoms with Crippen LogP contribution in [0.4, 0.5) is 0 Å². The first-order valence-electron chi connectivity index (χ1n) is 3.78. The van der Waals surface area contributed by atoms with Crippen LogP contribution >= 0.6 is 11.8 Å². The second kappa shape index (κ2) is 3.23. The second-order valence-corrected chi connectivity index (χ2v) is 3.73. The maximum Gasteiger partial charge on any atom is 0.192 e. The maximum atomic E-state index is 10.4. The lowest BCUT2D eigenvalue weighted by Crippen LogP contribution is -2.08. The van der Waals surface area contributed by atoms with Crippen LogP contribution in [0.2, 0.25) is 0 Å². The van der Waals surface area contributed by atoms with Crippen LogP contribution < -0.4 is 0 Å². The summed E-state index contributed by atoms with van der Waals surface area (Å²) in [4.78, 5) is 18.4. The molecule has 4 heteroatoms. The molecule has 0 N–H and O–H groups in total. The summed E-state index contributed by atoms with van der Waals surface area (Å²) in [6.07, 6.45) is 3.49. The SMILES string of the molecule is O=Cc1ncc2c(n1)CSCC2. The molecular weight excluding hydrogens is 172 g/mol. The fourth-order valence-electron chi connectivity index (χ4n) is 1.20. The molecule has 0 aromatic carbocycles. The molecule has 2 rings (SSSR count). The number of aldehydes is 1. The van der Waals surface area contributed by atoms with Crippen LogP contribution in [0.3, 0.4) is 0 Å². The smallest absolute Gasteiger partial charge is 0.192 e. The molecule has 0 aliphatic carbocycles. The van der Waals surface area contributed by atoms with E-state index in [-0.39, 0.29) is 0 Å². The Morgan fingerprint density at radius 3 is 3.33 bits per heavy atom. The topological polar surface area (TPSA) is 42.9 Å². The summed E-state index contributed by atoms with van der Waals surface area (Å²) in [5, 5.41) is 0. The van der Waals surface area contributed by atoms with Crippen molar-refractivity contribution in [2.45, 2.75) is 12.2 Å². The largest absolute Gasteiger partial charge is 0.294 e. The summed E-state index contributed by atoms with van der Waals surface area (Å²) < 4.78 is 0. The molecule has 0 bridgehead atoms. The van der Waals surface area contributed by atoms with Gasteiger partial charge in [0.15, 0.2) is 12.1 Å². The highest BCUT2D eigenvalue weighted by atomic mass is 32.2. The van der Waals surface area contributed by atoms with E-state index in [1.165, 1.54) is 5.56 Å². The Kier molecular flexibility index (Phi) is 2.08. The normalized spacial score (nSPS) is 15.3. The van der Waals surface area contributed by atoms with Crippen molar-refractivity contribution in [3.8, 4) is 0 Å². The van der Waals surface area contributed by atoms with E-state index in [1.54, 1.807) is 6.20 Å². The highest BCUT2D eigenvalue weighted by Crippen LogP contribution is 2.21. The molecule has 0 fully saturated rings. The molecule has 1 aromatic rings. The van der Waals surface area contributed by atoms with Gasteiger partial charge in [-0.2, -0.15) is 11.8 Å². The predicted octanol–water partition coefficient (Wildman–Crippen LogP) is 1.08. The van der Waals surface area contributed by atoms with E-state index in [0.717, 1.165) is 23.6 Å². The van der Waals surface area contributed by atoms with E-state index in [0.29, 0.717) is 12.1 Å². The molecule has 0 saturated heterocycles. The monoisotopic (exact) mass is 180 g/mol. The Labute approximate surface area is 74.6 Å². The van der Waals surface area contributed by atoms with E-state index in [9.17, 15) is 4.79 Å². The van der Waals surface area contributed by atoms with Gasteiger partial charge in [-0.05, 0) is 17.7 Å². The third kappa shape index (κ3) is 1.34. The van der Waals surface area contributed by atoms with Gasteiger partial charge in [0.1, 0.15) is 0 Å².